The lowest BCUT2D eigenvalue weighted by molar-refractivity contribution is -0.126. The second kappa shape index (κ2) is 8.25. The fraction of sp³-hybridized carbons (Fsp3) is 0.375. The highest BCUT2D eigenvalue weighted by Gasteiger charge is 2.11. The van der Waals surface area contributed by atoms with Gasteiger partial charge in [0.2, 0.25) is 5.91 Å². The Balaban J connectivity index is 2.73. The van der Waals surface area contributed by atoms with Crippen LogP contribution in [0.15, 0.2) is 36.4 Å². The van der Waals surface area contributed by atoms with E-state index in [1.165, 1.54) is 24.3 Å². The van der Waals surface area contributed by atoms with Crippen molar-refractivity contribution >= 4 is 11.7 Å². The molecule has 0 saturated heterocycles. The average molecular weight is 277 g/mol. The van der Waals surface area contributed by atoms with Crippen molar-refractivity contribution in [2.75, 3.05) is 13.1 Å². The van der Waals surface area contributed by atoms with Crippen LogP contribution >= 0.6 is 0 Å². The highest BCUT2D eigenvalue weighted by atomic mass is 19.1. The normalized spacial score (nSPS) is 10.8. The van der Waals surface area contributed by atoms with Crippen molar-refractivity contribution in [2.24, 2.45) is 0 Å². The third-order valence-electron chi connectivity index (χ3n) is 2.82. The van der Waals surface area contributed by atoms with Gasteiger partial charge in [-0.3, -0.25) is 9.59 Å². The number of amides is 1. The number of hydrogen-bond donors (Lipinski definition) is 0. The Kier molecular flexibility index (Phi) is 6.64. The van der Waals surface area contributed by atoms with Gasteiger partial charge in [-0.25, -0.2) is 4.39 Å². The van der Waals surface area contributed by atoms with Crippen LogP contribution in [0.4, 0.5) is 4.39 Å². The summed E-state index contributed by atoms with van der Waals surface area (Å²) in [6.45, 7) is 5.30. The van der Waals surface area contributed by atoms with E-state index in [1.54, 1.807) is 11.0 Å². The van der Waals surface area contributed by atoms with Crippen LogP contribution < -0.4 is 0 Å². The van der Waals surface area contributed by atoms with Crippen molar-refractivity contribution < 1.29 is 14.0 Å². The molecule has 0 bridgehead atoms. The molecule has 0 N–H and O–H groups in total. The van der Waals surface area contributed by atoms with Gasteiger partial charge in [0.15, 0.2) is 5.78 Å². The minimum absolute atomic E-state index is 0.0194. The molecule has 0 aliphatic rings. The summed E-state index contributed by atoms with van der Waals surface area (Å²) in [6, 6.07) is 5.74. The van der Waals surface area contributed by atoms with Crippen LogP contribution in [0.3, 0.4) is 0 Å². The van der Waals surface area contributed by atoms with Crippen LogP contribution in [0.5, 0.6) is 0 Å². The number of carbonyl (C=O) groups is 2. The molecule has 0 aromatic heterocycles. The van der Waals surface area contributed by atoms with E-state index in [4.69, 9.17) is 0 Å². The molecule has 108 valence electrons. The maximum atomic E-state index is 13.4. The highest BCUT2D eigenvalue weighted by Crippen LogP contribution is 2.08. The van der Waals surface area contributed by atoms with Gasteiger partial charge in [-0.2, -0.15) is 0 Å². The first kappa shape index (κ1) is 16.1. The molecule has 0 spiro atoms. The number of carbonyl (C=O) groups excluding carboxylic acids is 2. The maximum absolute atomic E-state index is 13.4. The SMILES string of the molecule is CCCN(CCC)C(=O)/C=C/C(=O)c1ccccc1F. The molecule has 1 aromatic rings. The minimum atomic E-state index is -0.575. The van der Waals surface area contributed by atoms with Crippen molar-refractivity contribution in [3.05, 3.63) is 47.8 Å². The monoisotopic (exact) mass is 277 g/mol. The summed E-state index contributed by atoms with van der Waals surface area (Å²) in [6.07, 6.45) is 4.08. The molecule has 0 heterocycles. The van der Waals surface area contributed by atoms with Gasteiger partial charge in [-0.15, -0.1) is 0 Å². The molecule has 0 radical (unpaired) electrons. The van der Waals surface area contributed by atoms with Crippen molar-refractivity contribution in [3.8, 4) is 0 Å². The molecule has 4 heteroatoms. The molecule has 0 aliphatic carbocycles. The van der Waals surface area contributed by atoms with Crippen molar-refractivity contribution in [1.82, 2.24) is 4.90 Å². The van der Waals surface area contributed by atoms with Crippen LogP contribution in [0, 0.1) is 5.82 Å². The smallest absolute Gasteiger partial charge is 0.246 e. The van der Waals surface area contributed by atoms with Gasteiger partial charge in [-0.05, 0) is 31.1 Å². The average Bonchev–Trinajstić information content (AvgIpc) is 2.44. The molecular weight excluding hydrogens is 257 g/mol. The molecule has 0 atom stereocenters. The standard InChI is InChI=1S/C16H20FNO2/c1-3-11-18(12-4-2)16(20)10-9-15(19)13-7-5-6-8-14(13)17/h5-10H,3-4,11-12H2,1-2H3/b10-9+. The minimum Gasteiger partial charge on any atom is -0.339 e. The maximum Gasteiger partial charge on any atom is 0.246 e. The fourth-order valence-electron chi connectivity index (χ4n) is 1.88. The second-order valence-electron chi connectivity index (χ2n) is 4.50. The van der Waals surface area contributed by atoms with Gasteiger partial charge in [0.25, 0.3) is 0 Å². The lowest BCUT2D eigenvalue weighted by atomic mass is 10.1. The zero-order valence-corrected chi connectivity index (χ0v) is 11.9. The summed E-state index contributed by atoms with van der Waals surface area (Å²) in [5, 5.41) is 0. The zero-order chi connectivity index (χ0) is 15.0. The van der Waals surface area contributed by atoms with Crippen LogP contribution in [-0.2, 0) is 4.79 Å². The number of allylic oxidation sites excluding steroid dienone is 1. The Hall–Kier alpha value is -1.97. The summed E-state index contributed by atoms with van der Waals surface area (Å²) in [5.41, 5.74) is -0.0194. The summed E-state index contributed by atoms with van der Waals surface area (Å²) >= 11 is 0. The molecule has 0 unspecified atom stereocenters. The number of ketones is 1. The van der Waals surface area contributed by atoms with E-state index in [0.29, 0.717) is 13.1 Å². The van der Waals surface area contributed by atoms with Crippen molar-refractivity contribution in [2.45, 2.75) is 26.7 Å². The quantitative estimate of drug-likeness (QED) is 0.567. The van der Waals surface area contributed by atoms with Crippen LogP contribution in [0.25, 0.3) is 0 Å². The first-order valence-electron chi connectivity index (χ1n) is 6.86. The number of hydrogen-bond acceptors (Lipinski definition) is 2. The fourth-order valence-corrected chi connectivity index (χ4v) is 1.88. The van der Waals surface area contributed by atoms with Crippen molar-refractivity contribution in [1.29, 1.82) is 0 Å². The Labute approximate surface area is 119 Å². The van der Waals surface area contributed by atoms with Crippen LogP contribution in [-0.4, -0.2) is 29.7 Å². The van der Waals surface area contributed by atoms with Crippen molar-refractivity contribution in [3.63, 3.8) is 0 Å². The van der Waals surface area contributed by atoms with Gasteiger partial charge < -0.3 is 4.90 Å². The van der Waals surface area contributed by atoms with E-state index in [1.807, 2.05) is 13.8 Å². The third-order valence-corrected chi connectivity index (χ3v) is 2.82. The molecule has 3 nitrogen and oxygen atoms in total. The van der Waals surface area contributed by atoms with Gasteiger partial charge in [-0.1, -0.05) is 26.0 Å². The molecule has 1 aromatic carbocycles. The van der Waals surface area contributed by atoms with E-state index in [9.17, 15) is 14.0 Å². The molecular formula is C16H20FNO2. The lowest BCUT2D eigenvalue weighted by Gasteiger charge is -2.19. The molecule has 1 amide bonds. The predicted octanol–water partition coefficient (Wildman–Crippen LogP) is 3.21. The summed E-state index contributed by atoms with van der Waals surface area (Å²) in [5.74, 6) is -1.28. The Morgan fingerprint density at radius 1 is 1.10 bits per heavy atom. The number of rotatable bonds is 7. The first-order chi connectivity index (χ1) is 9.60. The molecule has 1 rings (SSSR count). The summed E-state index contributed by atoms with van der Waals surface area (Å²) in [7, 11) is 0. The van der Waals surface area contributed by atoms with Gasteiger partial charge in [0, 0.05) is 19.2 Å². The largest absolute Gasteiger partial charge is 0.339 e. The highest BCUT2D eigenvalue weighted by molar-refractivity contribution is 6.07. The molecule has 0 aliphatic heterocycles. The Morgan fingerprint density at radius 2 is 1.70 bits per heavy atom. The van der Waals surface area contributed by atoms with Gasteiger partial charge in [0.1, 0.15) is 5.82 Å². The van der Waals surface area contributed by atoms with Crippen LogP contribution in [0.1, 0.15) is 37.0 Å². The van der Waals surface area contributed by atoms with E-state index >= 15 is 0 Å². The van der Waals surface area contributed by atoms with E-state index in [2.05, 4.69) is 0 Å². The third kappa shape index (κ3) is 4.61. The first-order valence-corrected chi connectivity index (χ1v) is 6.86. The number of halogens is 1. The Bertz CT molecular complexity index is 491. The predicted molar refractivity (Wildman–Crippen MR) is 77.0 cm³/mol. The topological polar surface area (TPSA) is 37.4 Å². The number of benzene rings is 1. The van der Waals surface area contributed by atoms with Gasteiger partial charge >= 0.3 is 0 Å². The van der Waals surface area contributed by atoms with Crippen LogP contribution in [0.2, 0.25) is 0 Å². The second-order valence-corrected chi connectivity index (χ2v) is 4.50. The Morgan fingerprint density at radius 3 is 2.25 bits per heavy atom. The number of nitrogens with zero attached hydrogens (tertiary/aromatic N) is 1. The van der Waals surface area contributed by atoms with Gasteiger partial charge in [0.05, 0.1) is 5.56 Å². The van der Waals surface area contributed by atoms with E-state index < -0.39 is 11.6 Å². The molecule has 0 saturated carbocycles. The van der Waals surface area contributed by atoms with E-state index in [-0.39, 0.29) is 11.5 Å². The zero-order valence-electron chi connectivity index (χ0n) is 11.9. The van der Waals surface area contributed by atoms with E-state index in [0.717, 1.165) is 18.9 Å². The lowest BCUT2D eigenvalue weighted by Crippen LogP contribution is -2.31. The molecule has 0 fully saturated rings. The summed E-state index contributed by atoms with van der Waals surface area (Å²) < 4.78 is 13.4. The molecule has 20 heavy (non-hydrogen) atoms. The summed E-state index contributed by atoms with van der Waals surface area (Å²) in [4.78, 5) is 25.4.